The number of nitrogens with zero attached hydrogens (tertiary/aromatic N) is 4. The van der Waals surface area contributed by atoms with Crippen molar-refractivity contribution in [3.05, 3.63) is 12.4 Å². The van der Waals surface area contributed by atoms with Crippen LogP contribution in [0.15, 0.2) is 12.4 Å². The van der Waals surface area contributed by atoms with E-state index in [1.807, 2.05) is 0 Å². The van der Waals surface area contributed by atoms with Crippen molar-refractivity contribution in [3.63, 3.8) is 0 Å². The number of piperazine rings is 1. The number of carbonyl (C=O) groups excluding carboxylic acids is 3. The van der Waals surface area contributed by atoms with Crippen LogP contribution >= 0.6 is 0 Å². The first-order valence-corrected chi connectivity index (χ1v) is 5.90. The SMILES string of the molecule is CC1(C)C(=O)NC(=O)CN1C(=O)CCn1ccnn1. The highest BCUT2D eigenvalue weighted by Gasteiger charge is 2.43. The Labute approximate surface area is 109 Å². The van der Waals surface area contributed by atoms with Crippen LogP contribution in [0.4, 0.5) is 0 Å². The van der Waals surface area contributed by atoms with E-state index in [4.69, 9.17) is 0 Å². The Morgan fingerprint density at radius 3 is 2.84 bits per heavy atom. The highest BCUT2D eigenvalue weighted by Crippen LogP contribution is 2.19. The zero-order chi connectivity index (χ0) is 14.0. The molecule has 8 heteroatoms. The summed E-state index contributed by atoms with van der Waals surface area (Å²) in [4.78, 5) is 36.5. The highest BCUT2D eigenvalue weighted by atomic mass is 16.2. The molecule has 0 unspecified atom stereocenters. The second-order valence-corrected chi connectivity index (χ2v) is 4.83. The third-order valence-corrected chi connectivity index (χ3v) is 3.11. The van der Waals surface area contributed by atoms with Gasteiger partial charge in [0, 0.05) is 12.6 Å². The van der Waals surface area contributed by atoms with E-state index < -0.39 is 17.4 Å². The second kappa shape index (κ2) is 4.79. The molecule has 0 aromatic carbocycles. The first-order chi connectivity index (χ1) is 8.91. The van der Waals surface area contributed by atoms with Gasteiger partial charge in [0.1, 0.15) is 12.1 Å². The number of aryl methyl sites for hydroxylation is 1. The van der Waals surface area contributed by atoms with Crippen LogP contribution in [-0.4, -0.2) is 49.7 Å². The van der Waals surface area contributed by atoms with Crippen molar-refractivity contribution in [1.29, 1.82) is 0 Å². The lowest BCUT2D eigenvalue weighted by atomic mass is 9.98. The number of aromatic nitrogens is 3. The van der Waals surface area contributed by atoms with Gasteiger partial charge in [0.2, 0.25) is 11.8 Å². The van der Waals surface area contributed by atoms with Crippen LogP contribution in [-0.2, 0) is 20.9 Å². The molecule has 0 radical (unpaired) electrons. The lowest BCUT2D eigenvalue weighted by Gasteiger charge is -2.40. The monoisotopic (exact) mass is 265 g/mol. The summed E-state index contributed by atoms with van der Waals surface area (Å²) in [5.41, 5.74) is -1.02. The Morgan fingerprint density at radius 2 is 2.21 bits per heavy atom. The summed E-state index contributed by atoms with van der Waals surface area (Å²) >= 11 is 0. The molecule has 1 aliphatic heterocycles. The maximum absolute atomic E-state index is 12.1. The van der Waals surface area contributed by atoms with Crippen molar-refractivity contribution in [3.8, 4) is 0 Å². The predicted octanol–water partition coefficient (Wildman–Crippen LogP) is -1.07. The normalized spacial score (nSPS) is 18.3. The van der Waals surface area contributed by atoms with Gasteiger partial charge in [-0.05, 0) is 13.8 Å². The van der Waals surface area contributed by atoms with E-state index in [2.05, 4.69) is 15.6 Å². The summed E-state index contributed by atoms with van der Waals surface area (Å²) in [5.74, 6) is -1.18. The summed E-state index contributed by atoms with van der Waals surface area (Å²) in [6.45, 7) is 3.49. The molecule has 0 aliphatic carbocycles. The zero-order valence-corrected chi connectivity index (χ0v) is 10.8. The molecule has 0 saturated carbocycles. The van der Waals surface area contributed by atoms with Gasteiger partial charge in [-0.2, -0.15) is 0 Å². The van der Waals surface area contributed by atoms with Gasteiger partial charge >= 0.3 is 0 Å². The van der Waals surface area contributed by atoms with Gasteiger partial charge < -0.3 is 4.90 Å². The Morgan fingerprint density at radius 1 is 1.47 bits per heavy atom. The fraction of sp³-hybridized carbons (Fsp3) is 0.545. The number of imide groups is 1. The summed E-state index contributed by atoms with van der Waals surface area (Å²) in [6.07, 6.45) is 3.33. The van der Waals surface area contributed by atoms with Crippen LogP contribution in [0.25, 0.3) is 0 Å². The molecule has 2 rings (SSSR count). The summed E-state index contributed by atoms with van der Waals surface area (Å²) < 4.78 is 1.52. The van der Waals surface area contributed by atoms with Crippen molar-refractivity contribution < 1.29 is 14.4 Å². The van der Waals surface area contributed by atoms with E-state index in [1.54, 1.807) is 20.0 Å². The molecule has 0 spiro atoms. The Hall–Kier alpha value is -2.25. The maximum Gasteiger partial charge on any atom is 0.252 e. The lowest BCUT2D eigenvalue weighted by Crippen LogP contribution is -2.65. The summed E-state index contributed by atoms with van der Waals surface area (Å²) in [6, 6.07) is 0. The predicted molar refractivity (Wildman–Crippen MR) is 63.6 cm³/mol. The molecular weight excluding hydrogens is 250 g/mol. The minimum Gasteiger partial charge on any atom is -0.319 e. The molecule has 1 aromatic rings. The van der Waals surface area contributed by atoms with Crippen LogP contribution in [0.1, 0.15) is 20.3 Å². The van der Waals surface area contributed by atoms with Gasteiger partial charge in [0.25, 0.3) is 5.91 Å². The van der Waals surface area contributed by atoms with Gasteiger partial charge in [-0.25, -0.2) is 0 Å². The molecule has 0 atom stereocenters. The zero-order valence-electron chi connectivity index (χ0n) is 10.8. The van der Waals surface area contributed by atoms with Crippen LogP contribution < -0.4 is 5.32 Å². The summed E-state index contributed by atoms with van der Waals surface area (Å²) in [7, 11) is 0. The largest absolute Gasteiger partial charge is 0.319 e. The third kappa shape index (κ3) is 2.61. The molecule has 1 fully saturated rings. The lowest BCUT2D eigenvalue weighted by molar-refractivity contribution is -0.155. The fourth-order valence-electron chi connectivity index (χ4n) is 1.88. The number of rotatable bonds is 3. The van der Waals surface area contributed by atoms with E-state index in [1.165, 1.54) is 15.8 Å². The quantitative estimate of drug-likeness (QED) is 0.702. The average Bonchev–Trinajstić information content (AvgIpc) is 2.84. The minimum atomic E-state index is -1.02. The van der Waals surface area contributed by atoms with Gasteiger partial charge in [-0.1, -0.05) is 5.21 Å². The molecule has 8 nitrogen and oxygen atoms in total. The van der Waals surface area contributed by atoms with Gasteiger partial charge in [-0.3, -0.25) is 24.4 Å². The molecule has 19 heavy (non-hydrogen) atoms. The van der Waals surface area contributed by atoms with Crippen molar-refractivity contribution in [2.45, 2.75) is 32.4 Å². The van der Waals surface area contributed by atoms with Crippen molar-refractivity contribution in [2.24, 2.45) is 0 Å². The van der Waals surface area contributed by atoms with Crippen molar-refractivity contribution >= 4 is 17.7 Å². The highest BCUT2D eigenvalue weighted by molar-refractivity contribution is 6.06. The van der Waals surface area contributed by atoms with E-state index in [-0.39, 0.29) is 18.9 Å². The maximum atomic E-state index is 12.1. The Kier molecular flexibility index (Phi) is 3.32. The van der Waals surface area contributed by atoms with E-state index in [0.717, 1.165) is 0 Å². The molecule has 1 saturated heterocycles. The minimum absolute atomic E-state index is 0.102. The topological polar surface area (TPSA) is 97.2 Å². The first kappa shape index (κ1) is 13.2. The number of hydrogen-bond donors (Lipinski definition) is 1. The summed E-state index contributed by atoms with van der Waals surface area (Å²) in [5, 5.41) is 9.61. The third-order valence-electron chi connectivity index (χ3n) is 3.11. The van der Waals surface area contributed by atoms with Crippen LogP contribution in [0.3, 0.4) is 0 Å². The number of carbonyl (C=O) groups is 3. The van der Waals surface area contributed by atoms with Gasteiger partial charge in [-0.15, -0.1) is 5.10 Å². The van der Waals surface area contributed by atoms with Gasteiger partial charge in [0.15, 0.2) is 0 Å². The second-order valence-electron chi connectivity index (χ2n) is 4.83. The molecule has 102 valence electrons. The number of nitrogens with one attached hydrogen (secondary N) is 1. The smallest absolute Gasteiger partial charge is 0.252 e. The Balaban J connectivity index is 2.04. The van der Waals surface area contributed by atoms with Crippen molar-refractivity contribution in [2.75, 3.05) is 6.54 Å². The Bertz CT molecular complexity index is 508. The molecule has 1 N–H and O–H groups in total. The molecule has 3 amide bonds. The number of hydrogen-bond acceptors (Lipinski definition) is 5. The van der Waals surface area contributed by atoms with E-state index in [9.17, 15) is 14.4 Å². The first-order valence-electron chi connectivity index (χ1n) is 5.90. The molecular formula is C11H15N5O3. The van der Waals surface area contributed by atoms with Crippen molar-refractivity contribution in [1.82, 2.24) is 25.2 Å². The van der Waals surface area contributed by atoms with Crippen LogP contribution in [0.5, 0.6) is 0 Å². The standard InChI is InChI=1S/C11H15N5O3/c1-11(2)10(19)13-8(17)7-16(11)9(18)3-5-15-6-4-12-14-15/h4,6H,3,5,7H2,1-2H3,(H,13,17,19). The number of amides is 3. The average molecular weight is 265 g/mol. The van der Waals surface area contributed by atoms with E-state index >= 15 is 0 Å². The molecule has 2 heterocycles. The van der Waals surface area contributed by atoms with E-state index in [0.29, 0.717) is 6.54 Å². The molecule has 1 aromatic heterocycles. The molecule has 1 aliphatic rings. The molecule has 0 bridgehead atoms. The van der Waals surface area contributed by atoms with Gasteiger partial charge in [0.05, 0.1) is 12.7 Å². The fourth-order valence-corrected chi connectivity index (χ4v) is 1.88. The van der Waals surface area contributed by atoms with Crippen LogP contribution in [0, 0.1) is 0 Å². The van der Waals surface area contributed by atoms with Crippen LogP contribution in [0.2, 0.25) is 0 Å².